The van der Waals surface area contributed by atoms with E-state index in [-0.39, 0.29) is 0 Å². The molecule has 0 aromatic heterocycles. The summed E-state index contributed by atoms with van der Waals surface area (Å²) in [4.78, 5) is 0. The van der Waals surface area contributed by atoms with Gasteiger partial charge in [-0.1, -0.05) is 112 Å². The van der Waals surface area contributed by atoms with Crippen molar-refractivity contribution in [2.24, 2.45) is 0 Å². The fourth-order valence-corrected chi connectivity index (χ4v) is 10.2. The largest absolute Gasteiger partial charge is 0.162 e. The van der Waals surface area contributed by atoms with Crippen LogP contribution in [-0.2, 0) is 3.23 Å². The summed E-state index contributed by atoms with van der Waals surface area (Å²) >= 11 is 43.5. The second-order valence-corrected chi connectivity index (χ2v) is 21.2. The van der Waals surface area contributed by atoms with Crippen LogP contribution in [0, 0.1) is 0 Å². The Labute approximate surface area is 223 Å². The fraction of sp³-hybridized carbons (Fsp3) is 0.333. The first-order valence-electron chi connectivity index (χ1n) is 4.52. The smallest absolute Gasteiger partial charge is 0.0663 e. The van der Waals surface area contributed by atoms with Crippen LogP contribution in [0.5, 0.6) is 0 Å². The average molecular weight is 1070 g/mol. The minimum atomic E-state index is -0.729. The summed E-state index contributed by atoms with van der Waals surface area (Å²) in [5.74, 6) is 0. The zero-order valence-corrected chi connectivity index (χ0v) is 28.1. The number of rotatable bonds is 2. The van der Waals surface area contributed by atoms with Gasteiger partial charge in [0.15, 0.2) is 2.14 Å². The molecule has 0 saturated heterocycles. The highest BCUT2D eigenvalue weighted by molar-refractivity contribution is 9.42. The zero-order valence-electron chi connectivity index (χ0n) is 9.04. The van der Waals surface area contributed by atoms with E-state index in [1.54, 1.807) is 0 Å². The van der Waals surface area contributed by atoms with Gasteiger partial charge < -0.3 is 0 Å². The summed E-state index contributed by atoms with van der Waals surface area (Å²) in [7, 11) is 0. The molecule has 1 aromatic carbocycles. The third-order valence-corrected chi connectivity index (χ3v) is 19.8. The second-order valence-electron chi connectivity index (χ2n) is 3.59. The quantitative estimate of drug-likeness (QED) is 0.157. The molecule has 21 heavy (non-hydrogen) atoms. The lowest BCUT2D eigenvalue weighted by Gasteiger charge is -2.41. The highest BCUT2D eigenvalue weighted by Gasteiger charge is 2.58. The number of benzene rings is 1. The van der Waals surface area contributed by atoms with Crippen molar-refractivity contribution in [2.75, 3.05) is 0 Å². The Morgan fingerprint density at radius 1 is 0.476 bits per heavy atom. The van der Waals surface area contributed by atoms with Crippen molar-refractivity contribution in [3.8, 4) is 0 Å². The van der Waals surface area contributed by atoms with Gasteiger partial charge in [-0.25, -0.2) is 0 Å². The molecule has 0 heterocycles. The molecule has 12 heteroatoms. The van der Waals surface area contributed by atoms with Crippen LogP contribution < -0.4 is 0 Å². The molecule has 0 fully saturated rings. The van der Waals surface area contributed by atoms with E-state index in [9.17, 15) is 0 Å². The molecule has 0 radical (unpaired) electrons. The molecule has 0 bridgehead atoms. The first-order valence-corrected chi connectivity index (χ1v) is 14.0. The van der Waals surface area contributed by atoms with Crippen LogP contribution in [-0.4, -0.2) is 5.38 Å². The van der Waals surface area contributed by atoms with Gasteiger partial charge in [0.05, 0.1) is 0 Å². The van der Waals surface area contributed by atoms with Gasteiger partial charge in [-0.3, -0.25) is 0 Å². The molecule has 0 spiro atoms. The third-order valence-electron chi connectivity index (χ3n) is 2.27. The second kappa shape index (κ2) is 8.55. The first kappa shape index (κ1) is 24.0. The Morgan fingerprint density at radius 2 is 0.762 bits per heavy atom. The standard InChI is InChI=1S/C9Br12/c10-2-1(3(11)5(13)6(14)4(2)12)7(15,16)8(17,18)9(19,20)21. The minimum Gasteiger partial charge on any atom is -0.0663 e. The lowest BCUT2D eigenvalue weighted by Crippen LogP contribution is -2.43. The van der Waals surface area contributed by atoms with Gasteiger partial charge in [-0.2, -0.15) is 0 Å². The van der Waals surface area contributed by atoms with Gasteiger partial charge in [-0.05, 0) is 79.6 Å². The highest BCUT2D eigenvalue weighted by Crippen LogP contribution is 2.68. The van der Waals surface area contributed by atoms with Crippen molar-refractivity contribution in [3.05, 3.63) is 27.9 Å². The molecule has 0 N–H and O–H groups in total. The van der Waals surface area contributed by atoms with Crippen LogP contribution in [0.2, 0.25) is 0 Å². The molecule has 1 rings (SSSR count). The third kappa shape index (κ3) is 4.70. The molecule has 0 aliphatic heterocycles. The number of alkyl halides is 7. The van der Waals surface area contributed by atoms with E-state index in [0.29, 0.717) is 0 Å². The van der Waals surface area contributed by atoms with Crippen molar-refractivity contribution >= 4 is 191 Å². The van der Waals surface area contributed by atoms with Crippen LogP contribution in [0.25, 0.3) is 0 Å². The molecule has 120 valence electrons. The lowest BCUT2D eigenvalue weighted by molar-refractivity contribution is 0.826. The number of hydrogen-bond donors (Lipinski definition) is 0. The summed E-state index contributed by atoms with van der Waals surface area (Å²) in [6, 6.07) is 0. The molecular weight excluding hydrogens is 1070 g/mol. The summed E-state index contributed by atoms with van der Waals surface area (Å²) < 4.78 is 2.32. The first-order chi connectivity index (χ1) is 9.18. The monoisotopic (exact) mass is 1060 g/mol. The van der Waals surface area contributed by atoms with Crippen LogP contribution >= 0.6 is 191 Å². The fourth-order valence-electron chi connectivity index (χ4n) is 1.22. The SMILES string of the molecule is Brc1c(Br)c(Br)c(C(Br)(Br)C(Br)(Br)C(Br)(Br)Br)c(Br)c1Br. The van der Waals surface area contributed by atoms with E-state index in [2.05, 4.69) is 191 Å². The summed E-state index contributed by atoms with van der Waals surface area (Å²) in [5.41, 5.74) is 0.918. The molecule has 1 aromatic rings. The van der Waals surface area contributed by atoms with Crippen molar-refractivity contribution < 1.29 is 0 Å². The van der Waals surface area contributed by atoms with Gasteiger partial charge in [0.2, 0.25) is 0 Å². The van der Waals surface area contributed by atoms with Crippen LogP contribution in [0.1, 0.15) is 5.56 Å². The highest BCUT2D eigenvalue weighted by atomic mass is 80.0. The lowest BCUT2D eigenvalue weighted by atomic mass is 10.1. The molecule has 0 aliphatic carbocycles. The zero-order chi connectivity index (χ0) is 17.0. The molecular formula is C9Br12. The van der Waals surface area contributed by atoms with Crippen molar-refractivity contribution in [2.45, 2.75) is 8.61 Å². The maximum Gasteiger partial charge on any atom is 0.162 e. The number of hydrogen-bond acceptors (Lipinski definition) is 0. The van der Waals surface area contributed by atoms with Crippen LogP contribution in [0.15, 0.2) is 22.4 Å². The predicted octanol–water partition coefficient (Wildman–Crippen LogP) is 10.8. The maximum absolute atomic E-state index is 3.76. The van der Waals surface area contributed by atoms with E-state index >= 15 is 0 Å². The van der Waals surface area contributed by atoms with Gasteiger partial charge >= 0.3 is 0 Å². The van der Waals surface area contributed by atoms with E-state index < -0.39 is 8.61 Å². The Balaban J connectivity index is 3.76. The van der Waals surface area contributed by atoms with Crippen LogP contribution in [0.3, 0.4) is 0 Å². The van der Waals surface area contributed by atoms with E-state index in [1.165, 1.54) is 0 Å². The maximum atomic E-state index is 3.76. The molecule has 0 unspecified atom stereocenters. The van der Waals surface area contributed by atoms with Crippen molar-refractivity contribution in [3.63, 3.8) is 0 Å². The minimum absolute atomic E-state index is 0.655. The number of halogens is 12. The Morgan fingerprint density at radius 3 is 1.05 bits per heavy atom. The molecule has 0 amide bonds. The molecule has 0 nitrogen and oxygen atoms in total. The van der Waals surface area contributed by atoms with Gasteiger partial charge in [-0.15, -0.1) is 0 Å². The Kier molecular flexibility index (Phi) is 9.78. The topological polar surface area (TPSA) is 0 Å². The van der Waals surface area contributed by atoms with E-state index in [1.807, 2.05) is 0 Å². The molecule has 0 saturated carbocycles. The van der Waals surface area contributed by atoms with Gasteiger partial charge in [0.25, 0.3) is 0 Å². The van der Waals surface area contributed by atoms with Crippen LogP contribution in [0.4, 0.5) is 0 Å². The average Bonchev–Trinajstić information content (AvgIpc) is 2.32. The van der Waals surface area contributed by atoms with E-state index in [4.69, 9.17) is 0 Å². The van der Waals surface area contributed by atoms with Crippen molar-refractivity contribution in [1.82, 2.24) is 0 Å². The summed E-state index contributed by atoms with van der Waals surface area (Å²) in [6.45, 7) is 0. The molecule has 0 aliphatic rings. The van der Waals surface area contributed by atoms with Gasteiger partial charge in [0.1, 0.15) is 6.47 Å². The Hall–Kier alpha value is 4.98. The van der Waals surface area contributed by atoms with E-state index in [0.717, 1.165) is 27.9 Å². The normalized spacial score (nSPS) is 13.7. The Bertz CT molecular complexity index is 540. The molecule has 0 atom stereocenters. The summed E-state index contributed by atoms with van der Waals surface area (Å²) in [5, 5.41) is 0. The summed E-state index contributed by atoms with van der Waals surface area (Å²) in [6.07, 6.45) is 0. The van der Waals surface area contributed by atoms with Gasteiger partial charge in [0, 0.05) is 27.9 Å². The van der Waals surface area contributed by atoms with Crippen molar-refractivity contribution in [1.29, 1.82) is 0 Å². The predicted molar refractivity (Wildman–Crippen MR) is 135 cm³/mol.